The summed E-state index contributed by atoms with van der Waals surface area (Å²) in [5.74, 6) is 1.11. The van der Waals surface area contributed by atoms with Gasteiger partial charge in [-0.25, -0.2) is 0 Å². The predicted molar refractivity (Wildman–Crippen MR) is 142 cm³/mol. The van der Waals surface area contributed by atoms with Gasteiger partial charge in [-0.2, -0.15) is 0 Å². The maximum atomic E-state index is 13.6. The van der Waals surface area contributed by atoms with E-state index in [0.717, 1.165) is 23.1 Å². The Labute approximate surface area is 217 Å². The fourth-order valence-electron chi connectivity index (χ4n) is 4.40. The lowest BCUT2D eigenvalue weighted by molar-refractivity contribution is -0.118. The van der Waals surface area contributed by atoms with Crippen LogP contribution in [0.3, 0.4) is 0 Å². The van der Waals surface area contributed by atoms with E-state index < -0.39 is 6.04 Å². The second kappa shape index (κ2) is 10.6. The predicted octanol–water partition coefficient (Wildman–Crippen LogP) is 5.91. The maximum Gasteiger partial charge on any atom is 0.253 e. The number of ether oxygens (including phenoxy) is 2. The first-order chi connectivity index (χ1) is 17.2. The van der Waals surface area contributed by atoms with Gasteiger partial charge in [-0.1, -0.05) is 30.7 Å². The van der Waals surface area contributed by atoms with Gasteiger partial charge in [0.15, 0.2) is 11.5 Å². The molecule has 0 saturated carbocycles. The summed E-state index contributed by atoms with van der Waals surface area (Å²) in [5, 5.41) is 0.620. The lowest BCUT2D eigenvalue weighted by atomic mass is 9.86. The highest BCUT2D eigenvalue weighted by Gasteiger charge is 2.36. The molecular weight excluding hydrogens is 476 g/mol. The van der Waals surface area contributed by atoms with E-state index in [2.05, 4.69) is 6.92 Å². The number of rotatable bonds is 7. The highest BCUT2D eigenvalue weighted by Crippen LogP contribution is 2.43. The van der Waals surface area contributed by atoms with Gasteiger partial charge in [0.1, 0.15) is 0 Å². The van der Waals surface area contributed by atoms with E-state index in [9.17, 15) is 9.59 Å². The van der Waals surface area contributed by atoms with Crippen molar-refractivity contribution in [3.05, 3.63) is 87.9 Å². The Morgan fingerprint density at radius 2 is 1.75 bits per heavy atom. The van der Waals surface area contributed by atoms with E-state index in [1.165, 1.54) is 4.90 Å². The molecular formula is C29H31ClN2O4. The molecule has 1 aliphatic heterocycles. The summed E-state index contributed by atoms with van der Waals surface area (Å²) in [6, 6.07) is 18.2. The van der Waals surface area contributed by atoms with Crippen LogP contribution in [0.4, 0.5) is 5.69 Å². The van der Waals surface area contributed by atoms with Crippen LogP contribution in [0.5, 0.6) is 11.5 Å². The molecule has 36 heavy (non-hydrogen) atoms. The third kappa shape index (κ3) is 5.05. The Morgan fingerprint density at radius 1 is 1.08 bits per heavy atom. The number of benzene rings is 3. The molecule has 188 valence electrons. The molecule has 0 radical (unpaired) electrons. The molecule has 2 atom stereocenters. The monoisotopic (exact) mass is 506 g/mol. The smallest absolute Gasteiger partial charge is 0.253 e. The lowest BCUT2D eigenvalue weighted by Crippen LogP contribution is -2.41. The van der Waals surface area contributed by atoms with Crippen molar-refractivity contribution in [1.29, 1.82) is 0 Å². The summed E-state index contributed by atoms with van der Waals surface area (Å²) in [6.07, 6.45) is 1.08. The lowest BCUT2D eigenvalue weighted by Gasteiger charge is -2.38. The molecule has 0 aromatic heterocycles. The molecule has 1 aliphatic rings. The van der Waals surface area contributed by atoms with Crippen molar-refractivity contribution < 1.29 is 19.1 Å². The van der Waals surface area contributed by atoms with E-state index in [1.54, 1.807) is 38.2 Å². The number of hydrogen-bond acceptors (Lipinski definition) is 4. The third-order valence-electron chi connectivity index (χ3n) is 6.48. The minimum Gasteiger partial charge on any atom is -0.493 e. The molecule has 1 unspecified atom stereocenters. The van der Waals surface area contributed by atoms with E-state index >= 15 is 0 Å². The zero-order chi connectivity index (χ0) is 26.0. The van der Waals surface area contributed by atoms with Crippen molar-refractivity contribution in [2.75, 3.05) is 26.1 Å². The van der Waals surface area contributed by atoms with Gasteiger partial charge in [0.2, 0.25) is 5.91 Å². The molecule has 4 rings (SSSR count). The van der Waals surface area contributed by atoms with Crippen LogP contribution >= 0.6 is 11.6 Å². The van der Waals surface area contributed by atoms with Crippen molar-refractivity contribution in [1.82, 2.24) is 4.90 Å². The van der Waals surface area contributed by atoms with E-state index in [4.69, 9.17) is 21.1 Å². The van der Waals surface area contributed by atoms with Crippen molar-refractivity contribution in [2.24, 2.45) is 0 Å². The van der Waals surface area contributed by atoms with Gasteiger partial charge in [-0.15, -0.1) is 0 Å². The molecule has 0 bridgehead atoms. The molecule has 7 heteroatoms. The normalized spacial score (nSPS) is 15.8. The molecule has 0 saturated heterocycles. The van der Waals surface area contributed by atoms with Gasteiger partial charge in [-0.05, 0) is 78.6 Å². The van der Waals surface area contributed by atoms with Crippen molar-refractivity contribution in [2.45, 2.75) is 38.8 Å². The zero-order valence-electron chi connectivity index (χ0n) is 21.2. The molecule has 1 heterocycles. The maximum absolute atomic E-state index is 13.6. The number of amides is 2. The second-order valence-electron chi connectivity index (χ2n) is 9.18. The number of fused-ring (bicyclic) bond motifs is 1. The van der Waals surface area contributed by atoms with Crippen molar-refractivity contribution in [3.63, 3.8) is 0 Å². The highest BCUT2D eigenvalue weighted by atomic mass is 35.5. The minimum atomic E-state index is -0.404. The van der Waals surface area contributed by atoms with Gasteiger partial charge in [-0.3, -0.25) is 9.59 Å². The number of hydrogen-bond donors (Lipinski definition) is 0. The number of nitrogens with zero attached hydrogens (tertiary/aromatic N) is 2. The van der Waals surface area contributed by atoms with Crippen LogP contribution in [0.1, 0.15) is 53.4 Å². The first-order valence-electron chi connectivity index (χ1n) is 12.0. The zero-order valence-corrected chi connectivity index (χ0v) is 22.0. The van der Waals surface area contributed by atoms with Gasteiger partial charge in [0.05, 0.1) is 25.7 Å². The number of anilines is 1. The molecule has 0 spiro atoms. The summed E-state index contributed by atoms with van der Waals surface area (Å²) in [7, 11) is 5.03. The third-order valence-corrected chi connectivity index (χ3v) is 6.73. The molecule has 3 aromatic rings. The van der Waals surface area contributed by atoms with Crippen molar-refractivity contribution >= 4 is 29.1 Å². The summed E-state index contributed by atoms with van der Waals surface area (Å²) >= 11 is 6.19. The summed E-state index contributed by atoms with van der Waals surface area (Å²) in [6.45, 7) is 4.08. The average molecular weight is 507 g/mol. The number of halogens is 1. The summed E-state index contributed by atoms with van der Waals surface area (Å²) in [5.41, 5.74) is 4.04. The van der Waals surface area contributed by atoms with Gasteiger partial charge in [0, 0.05) is 30.4 Å². The fraction of sp³-hybridized carbons (Fsp3) is 0.310. The molecule has 0 N–H and O–H groups in total. The summed E-state index contributed by atoms with van der Waals surface area (Å²) < 4.78 is 11.8. The molecule has 0 aliphatic carbocycles. The van der Waals surface area contributed by atoms with Crippen LogP contribution in [0.25, 0.3) is 0 Å². The Bertz CT molecular complexity index is 1260. The van der Waals surface area contributed by atoms with Crippen LogP contribution in [0.2, 0.25) is 5.02 Å². The Kier molecular flexibility index (Phi) is 7.55. The van der Waals surface area contributed by atoms with Gasteiger partial charge < -0.3 is 19.3 Å². The van der Waals surface area contributed by atoms with E-state index in [0.29, 0.717) is 27.8 Å². The van der Waals surface area contributed by atoms with Crippen LogP contribution in [-0.4, -0.2) is 44.0 Å². The van der Waals surface area contributed by atoms with Gasteiger partial charge >= 0.3 is 0 Å². The number of carbonyl (C=O) groups is 2. The Balaban J connectivity index is 1.86. The molecule has 3 aromatic carbocycles. The standard InChI is InChI=1S/C29H31ClN2O4/c1-6-18(2)36-26-17-24-21(15-25(26)35-5)16-27(33)32(28(24)19-7-11-22(30)12-8-19)23-13-9-20(10-14-23)29(34)31(3)4/h7-15,17-18,28H,6,16H2,1-5H3/t18-,28?/m1/s1. The highest BCUT2D eigenvalue weighted by molar-refractivity contribution is 6.30. The molecule has 6 nitrogen and oxygen atoms in total. The molecule has 0 fully saturated rings. The molecule has 2 amide bonds. The van der Waals surface area contributed by atoms with E-state index in [1.807, 2.05) is 55.5 Å². The Morgan fingerprint density at radius 3 is 2.33 bits per heavy atom. The van der Waals surface area contributed by atoms with Crippen LogP contribution < -0.4 is 14.4 Å². The largest absolute Gasteiger partial charge is 0.493 e. The summed E-state index contributed by atoms with van der Waals surface area (Å²) in [4.78, 5) is 29.3. The van der Waals surface area contributed by atoms with Crippen LogP contribution in [-0.2, 0) is 11.2 Å². The van der Waals surface area contributed by atoms with Crippen LogP contribution in [0, 0.1) is 0 Å². The fourth-order valence-corrected chi connectivity index (χ4v) is 4.52. The van der Waals surface area contributed by atoms with E-state index in [-0.39, 0.29) is 24.3 Å². The minimum absolute atomic E-state index is 0.00837. The second-order valence-corrected chi connectivity index (χ2v) is 9.62. The first-order valence-corrected chi connectivity index (χ1v) is 12.4. The SMILES string of the molecule is CC[C@@H](C)Oc1cc2c(cc1OC)CC(=O)N(c1ccc(C(=O)N(C)C)cc1)C2c1ccc(Cl)cc1. The Hall–Kier alpha value is -3.51. The number of carbonyl (C=O) groups excluding carboxylic acids is 2. The average Bonchev–Trinajstić information content (AvgIpc) is 2.88. The number of methoxy groups -OCH3 is 1. The topological polar surface area (TPSA) is 59.1 Å². The van der Waals surface area contributed by atoms with Crippen molar-refractivity contribution in [3.8, 4) is 11.5 Å². The first kappa shape index (κ1) is 25.6. The van der Waals surface area contributed by atoms with Crippen LogP contribution in [0.15, 0.2) is 60.7 Å². The van der Waals surface area contributed by atoms with Gasteiger partial charge in [0.25, 0.3) is 5.91 Å². The quantitative estimate of drug-likeness (QED) is 0.400.